The van der Waals surface area contributed by atoms with Crippen molar-refractivity contribution in [1.82, 2.24) is 10.0 Å². The first-order valence-corrected chi connectivity index (χ1v) is 7.67. The third-order valence-corrected chi connectivity index (χ3v) is 4.49. The smallest absolute Gasteiger partial charge is 0.346 e. The van der Waals surface area contributed by atoms with Crippen molar-refractivity contribution in [3.63, 3.8) is 0 Å². The van der Waals surface area contributed by atoms with E-state index in [1.54, 1.807) is 0 Å². The Kier molecular flexibility index (Phi) is 4.43. The Balaban J connectivity index is 2.28. The standard InChI is InChI=1S/C12H12F4N2O3S/c13-5-8-3-7-1-2-9(4-10(7)11(19)18-8)22(20,21)17-6-12(14,15)16/h1-2,4,8,17H,3,5-6H2,(H,18,19)/t8-/m1/s1. The van der Waals surface area contributed by atoms with Crippen LogP contribution in [0, 0.1) is 0 Å². The van der Waals surface area contributed by atoms with E-state index < -0.39 is 46.3 Å². The topological polar surface area (TPSA) is 75.3 Å². The molecule has 0 spiro atoms. The van der Waals surface area contributed by atoms with E-state index in [4.69, 9.17) is 0 Å². The molecule has 2 rings (SSSR count). The third kappa shape index (κ3) is 3.74. The molecule has 1 atom stereocenters. The summed E-state index contributed by atoms with van der Waals surface area (Å²) in [5, 5.41) is 2.35. The molecule has 10 heteroatoms. The van der Waals surface area contributed by atoms with Crippen LogP contribution in [-0.4, -0.2) is 39.8 Å². The number of rotatable bonds is 4. The molecule has 0 radical (unpaired) electrons. The molecular formula is C12H12F4N2O3S. The number of hydrogen-bond donors (Lipinski definition) is 2. The number of carbonyl (C=O) groups is 1. The zero-order valence-corrected chi connectivity index (χ0v) is 11.9. The van der Waals surface area contributed by atoms with E-state index in [0.29, 0.717) is 5.56 Å². The predicted octanol–water partition coefficient (Wildman–Crippen LogP) is 1.15. The lowest BCUT2D eigenvalue weighted by molar-refractivity contribution is -0.121. The third-order valence-electron chi connectivity index (χ3n) is 3.09. The van der Waals surface area contributed by atoms with Crippen LogP contribution in [0.3, 0.4) is 0 Å². The van der Waals surface area contributed by atoms with Crippen LogP contribution in [-0.2, 0) is 16.4 Å². The molecule has 122 valence electrons. The molecule has 1 heterocycles. The summed E-state index contributed by atoms with van der Waals surface area (Å²) in [6.07, 6.45) is -4.50. The van der Waals surface area contributed by atoms with Crippen molar-refractivity contribution in [2.45, 2.75) is 23.5 Å². The first kappa shape index (κ1) is 16.7. The van der Waals surface area contributed by atoms with E-state index in [0.717, 1.165) is 12.1 Å². The number of carbonyl (C=O) groups excluding carboxylic acids is 1. The lowest BCUT2D eigenvalue weighted by Gasteiger charge is -2.23. The van der Waals surface area contributed by atoms with Crippen LogP contribution in [0.25, 0.3) is 0 Å². The van der Waals surface area contributed by atoms with E-state index in [1.165, 1.54) is 10.8 Å². The normalized spacial score (nSPS) is 18.7. The van der Waals surface area contributed by atoms with E-state index in [-0.39, 0.29) is 12.0 Å². The van der Waals surface area contributed by atoms with Crippen LogP contribution >= 0.6 is 0 Å². The molecule has 0 bridgehead atoms. The Hall–Kier alpha value is -1.68. The summed E-state index contributed by atoms with van der Waals surface area (Å²) in [6.45, 7) is -2.47. The fourth-order valence-electron chi connectivity index (χ4n) is 2.05. The van der Waals surface area contributed by atoms with Crippen molar-refractivity contribution in [1.29, 1.82) is 0 Å². The number of benzene rings is 1. The second kappa shape index (κ2) is 5.84. The molecule has 0 saturated heterocycles. The number of hydrogen-bond acceptors (Lipinski definition) is 3. The van der Waals surface area contributed by atoms with Crippen LogP contribution < -0.4 is 10.0 Å². The summed E-state index contributed by atoms with van der Waals surface area (Å²) in [5.74, 6) is -0.656. The van der Waals surface area contributed by atoms with Crippen LogP contribution in [0.4, 0.5) is 17.6 Å². The minimum atomic E-state index is -4.69. The van der Waals surface area contributed by atoms with Gasteiger partial charge in [0.15, 0.2) is 0 Å². The van der Waals surface area contributed by atoms with Gasteiger partial charge in [0, 0.05) is 5.56 Å². The number of alkyl halides is 4. The lowest BCUT2D eigenvalue weighted by atomic mass is 9.96. The monoisotopic (exact) mass is 340 g/mol. The molecule has 1 aromatic rings. The molecule has 0 aliphatic carbocycles. The Morgan fingerprint density at radius 3 is 2.59 bits per heavy atom. The molecule has 0 saturated carbocycles. The number of nitrogens with one attached hydrogen (secondary N) is 2. The summed E-state index contributed by atoms with van der Waals surface area (Å²) < 4.78 is 73.9. The zero-order chi connectivity index (χ0) is 16.5. The number of sulfonamides is 1. The van der Waals surface area contributed by atoms with Gasteiger partial charge in [0.05, 0.1) is 10.9 Å². The molecular weight excluding hydrogens is 328 g/mol. The van der Waals surface area contributed by atoms with Crippen LogP contribution in [0.2, 0.25) is 0 Å². The highest BCUT2D eigenvalue weighted by molar-refractivity contribution is 7.89. The number of halogens is 4. The summed E-state index contributed by atoms with van der Waals surface area (Å²) in [5.41, 5.74) is 0.459. The summed E-state index contributed by atoms with van der Waals surface area (Å²) in [4.78, 5) is 11.3. The van der Waals surface area contributed by atoms with Crippen LogP contribution in [0.15, 0.2) is 23.1 Å². The fourth-order valence-corrected chi connectivity index (χ4v) is 3.09. The Morgan fingerprint density at radius 1 is 1.32 bits per heavy atom. The van der Waals surface area contributed by atoms with Gasteiger partial charge in [-0.1, -0.05) is 6.07 Å². The highest BCUT2D eigenvalue weighted by Crippen LogP contribution is 2.22. The van der Waals surface area contributed by atoms with Gasteiger partial charge in [-0.05, 0) is 24.1 Å². The Labute approximate surface area is 123 Å². The average Bonchev–Trinajstić information content (AvgIpc) is 2.44. The first-order valence-electron chi connectivity index (χ1n) is 6.18. The average molecular weight is 340 g/mol. The van der Waals surface area contributed by atoms with Crippen LogP contribution in [0.1, 0.15) is 15.9 Å². The van der Waals surface area contributed by atoms with Gasteiger partial charge in [0.25, 0.3) is 5.91 Å². The molecule has 22 heavy (non-hydrogen) atoms. The van der Waals surface area contributed by atoms with Crippen molar-refractivity contribution in [3.05, 3.63) is 29.3 Å². The van der Waals surface area contributed by atoms with E-state index in [1.807, 2.05) is 0 Å². The quantitative estimate of drug-likeness (QED) is 0.808. The van der Waals surface area contributed by atoms with Crippen molar-refractivity contribution in [2.24, 2.45) is 0 Å². The molecule has 1 amide bonds. The highest BCUT2D eigenvalue weighted by atomic mass is 32.2. The highest BCUT2D eigenvalue weighted by Gasteiger charge is 2.31. The molecule has 0 fully saturated rings. The van der Waals surface area contributed by atoms with E-state index >= 15 is 0 Å². The van der Waals surface area contributed by atoms with Gasteiger partial charge in [-0.2, -0.15) is 13.2 Å². The van der Waals surface area contributed by atoms with Gasteiger partial charge in [-0.25, -0.2) is 17.5 Å². The maximum Gasteiger partial charge on any atom is 0.402 e. The summed E-state index contributed by atoms with van der Waals surface area (Å²) in [7, 11) is -4.39. The summed E-state index contributed by atoms with van der Waals surface area (Å²) >= 11 is 0. The summed E-state index contributed by atoms with van der Waals surface area (Å²) in [6, 6.07) is 2.69. The predicted molar refractivity (Wildman–Crippen MR) is 68.6 cm³/mol. The van der Waals surface area contributed by atoms with Crippen molar-refractivity contribution < 1.29 is 30.8 Å². The zero-order valence-electron chi connectivity index (χ0n) is 11.1. The molecule has 5 nitrogen and oxygen atoms in total. The van der Waals surface area contributed by atoms with Crippen molar-refractivity contribution >= 4 is 15.9 Å². The lowest BCUT2D eigenvalue weighted by Crippen LogP contribution is -2.42. The Bertz CT molecular complexity index is 688. The Morgan fingerprint density at radius 2 is 2.00 bits per heavy atom. The van der Waals surface area contributed by atoms with Gasteiger partial charge in [0.1, 0.15) is 13.2 Å². The van der Waals surface area contributed by atoms with Crippen molar-refractivity contribution in [3.8, 4) is 0 Å². The molecule has 1 aliphatic heterocycles. The second-order valence-electron chi connectivity index (χ2n) is 4.79. The minimum Gasteiger partial charge on any atom is -0.346 e. The second-order valence-corrected chi connectivity index (χ2v) is 6.55. The van der Waals surface area contributed by atoms with Gasteiger partial charge < -0.3 is 5.32 Å². The SMILES string of the molecule is O=C1N[C@@H](CF)Cc2ccc(S(=O)(=O)NCC(F)(F)F)cc21. The van der Waals surface area contributed by atoms with Gasteiger partial charge in [0.2, 0.25) is 10.0 Å². The molecule has 0 aromatic heterocycles. The molecule has 2 N–H and O–H groups in total. The number of fused-ring (bicyclic) bond motifs is 1. The fraction of sp³-hybridized carbons (Fsp3) is 0.417. The van der Waals surface area contributed by atoms with Crippen LogP contribution in [0.5, 0.6) is 0 Å². The minimum absolute atomic E-state index is 0.0135. The largest absolute Gasteiger partial charge is 0.402 e. The maximum atomic E-state index is 12.6. The van der Waals surface area contributed by atoms with Gasteiger partial charge in [-0.15, -0.1) is 0 Å². The number of amides is 1. The molecule has 1 aromatic carbocycles. The van der Waals surface area contributed by atoms with E-state index in [9.17, 15) is 30.8 Å². The molecule has 1 aliphatic rings. The molecule has 0 unspecified atom stereocenters. The first-order chi connectivity index (χ1) is 10.1. The van der Waals surface area contributed by atoms with Crippen molar-refractivity contribution in [2.75, 3.05) is 13.2 Å². The maximum absolute atomic E-state index is 12.6. The van der Waals surface area contributed by atoms with Gasteiger partial charge in [-0.3, -0.25) is 4.79 Å². The van der Waals surface area contributed by atoms with Gasteiger partial charge >= 0.3 is 6.18 Å². The van der Waals surface area contributed by atoms with E-state index in [2.05, 4.69) is 5.32 Å².